The minimum Gasteiger partial charge on any atom is -0.478 e. The van der Waals surface area contributed by atoms with Gasteiger partial charge in [-0.15, -0.1) is 5.10 Å². The number of rotatable bonds is 4. The minimum absolute atomic E-state index is 0.147. The third-order valence-electron chi connectivity index (χ3n) is 2.25. The number of carbonyl (C=O) groups is 2. The molecule has 0 radical (unpaired) electrons. The number of aromatic nitrogens is 2. The number of carbonyl (C=O) groups excluding carboxylic acids is 1. The molecule has 0 aliphatic heterocycles. The third-order valence-corrected chi connectivity index (χ3v) is 2.83. The van der Waals surface area contributed by atoms with E-state index in [1.165, 1.54) is 24.4 Å². The van der Waals surface area contributed by atoms with Crippen molar-refractivity contribution in [3.63, 3.8) is 0 Å². The molecule has 0 atom stereocenters. The van der Waals surface area contributed by atoms with Crippen LogP contribution in [0, 0.1) is 5.82 Å². The Kier molecular flexibility index (Phi) is 4.16. The number of carboxylic acid groups (broad SMARTS) is 1. The van der Waals surface area contributed by atoms with Gasteiger partial charge < -0.3 is 10.4 Å². The van der Waals surface area contributed by atoms with E-state index in [0.29, 0.717) is 10.6 Å². The lowest BCUT2D eigenvalue weighted by molar-refractivity contribution is -0.131. The van der Waals surface area contributed by atoms with E-state index in [-0.39, 0.29) is 5.56 Å². The number of hydrogen-bond acceptors (Lipinski definition) is 5. The summed E-state index contributed by atoms with van der Waals surface area (Å²) in [5.41, 5.74) is 0.201. The Morgan fingerprint density at radius 2 is 2.20 bits per heavy atom. The summed E-state index contributed by atoms with van der Waals surface area (Å²) in [4.78, 5) is 22.2. The van der Waals surface area contributed by atoms with Gasteiger partial charge in [-0.1, -0.05) is 10.6 Å². The van der Waals surface area contributed by atoms with Gasteiger partial charge in [-0.25, -0.2) is 9.18 Å². The maximum absolute atomic E-state index is 13.8. The molecule has 6 nitrogen and oxygen atoms in total. The number of anilines is 1. The summed E-state index contributed by atoms with van der Waals surface area (Å²) in [6, 6.07) is 3.81. The highest BCUT2D eigenvalue weighted by Gasteiger charge is 2.13. The van der Waals surface area contributed by atoms with Crippen molar-refractivity contribution in [2.45, 2.75) is 0 Å². The Morgan fingerprint density at radius 1 is 1.40 bits per heavy atom. The maximum Gasteiger partial charge on any atom is 0.328 e. The van der Waals surface area contributed by atoms with Crippen LogP contribution in [-0.4, -0.2) is 26.6 Å². The van der Waals surface area contributed by atoms with Gasteiger partial charge in [0.2, 0.25) is 0 Å². The zero-order chi connectivity index (χ0) is 14.5. The summed E-state index contributed by atoms with van der Waals surface area (Å²) in [5.74, 6) is -2.50. The monoisotopic (exact) mass is 293 g/mol. The minimum atomic E-state index is -1.13. The molecule has 0 fully saturated rings. The van der Waals surface area contributed by atoms with Crippen LogP contribution in [-0.2, 0) is 4.79 Å². The molecule has 2 N–H and O–H groups in total. The second-order valence-corrected chi connectivity index (χ2v) is 4.43. The van der Waals surface area contributed by atoms with E-state index in [0.717, 1.165) is 23.7 Å². The Hall–Kier alpha value is -2.61. The van der Waals surface area contributed by atoms with Crippen LogP contribution in [0.4, 0.5) is 9.39 Å². The summed E-state index contributed by atoms with van der Waals surface area (Å²) >= 11 is 0.974. The molecule has 2 rings (SSSR count). The predicted octanol–water partition coefficient (Wildman–Crippen LogP) is 2.03. The van der Waals surface area contributed by atoms with Crippen LogP contribution in [0.15, 0.2) is 30.5 Å². The van der Waals surface area contributed by atoms with Crippen LogP contribution in [0.1, 0.15) is 15.9 Å². The second kappa shape index (κ2) is 6.02. The van der Waals surface area contributed by atoms with Crippen LogP contribution < -0.4 is 5.32 Å². The molecule has 1 amide bonds. The first-order valence-electron chi connectivity index (χ1n) is 5.35. The molecule has 1 aromatic carbocycles. The highest BCUT2D eigenvalue weighted by atomic mass is 32.1. The fourth-order valence-electron chi connectivity index (χ4n) is 1.39. The molecule has 0 bridgehead atoms. The van der Waals surface area contributed by atoms with E-state index in [1.54, 1.807) is 0 Å². The van der Waals surface area contributed by atoms with Gasteiger partial charge in [-0.2, -0.15) is 0 Å². The van der Waals surface area contributed by atoms with Crippen molar-refractivity contribution in [2.24, 2.45) is 0 Å². The van der Waals surface area contributed by atoms with E-state index in [1.807, 2.05) is 0 Å². The molecule has 0 unspecified atom stereocenters. The van der Waals surface area contributed by atoms with Gasteiger partial charge in [0.05, 0.1) is 11.8 Å². The first kappa shape index (κ1) is 13.8. The van der Waals surface area contributed by atoms with Crippen molar-refractivity contribution in [1.29, 1.82) is 0 Å². The lowest BCUT2D eigenvalue weighted by Crippen LogP contribution is -2.12. The second-order valence-electron chi connectivity index (χ2n) is 3.65. The van der Waals surface area contributed by atoms with Crippen molar-refractivity contribution >= 4 is 34.5 Å². The molecular formula is C12H8FN3O3S. The fourth-order valence-corrected chi connectivity index (χ4v) is 1.80. The Morgan fingerprint density at radius 3 is 2.80 bits per heavy atom. The van der Waals surface area contributed by atoms with Gasteiger partial charge in [0.15, 0.2) is 0 Å². The standard InChI is InChI=1S/C12H8FN3O3S/c13-9-5-7(2-4-11(17)18)1-3-8(9)12(19)15-10-6-14-16-20-10/h1-6H,(H,15,19)(H,17,18)/b4-2+. The first-order valence-corrected chi connectivity index (χ1v) is 6.13. The number of benzene rings is 1. The number of halogens is 1. The van der Waals surface area contributed by atoms with E-state index in [2.05, 4.69) is 14.9 Å². The average molecular weight is 293 g/mol. The van der Waals surface area contributed by atoms with Crippen LogP contribution in [0.5, 0.6) is 0 Å². The van der Waals surface area contributed by atoms with Crippen LogP contribution in [0.3, 0.4) is 0 Å². The number of hydrogen-bond donors (Lipinski definition) is 2. The van der Waals surface area contributed by atoms with E-state index < -0.39 is 17.7 Å². The summed E-state index contributed by atoms with van der Waals surface area (Å²) in [7, 11) is 0. The smallest absolute Gasteiger partial charge is 0.328 e. The Bertz CT molecular complexity index is 671. The number of aliphatic carboxylic acids is 1. The molecule has 0 aliphatic carbocycles. The van der Waals surface area contributed by atoms with Gasteiger partial charge >= 0.3 is 5.97 Å². The molecule has 0 aliphatic rings. The summed E-state index contributed by atoms with van der Waals surface area (Å²) < 4.78 is 17.3. The van der Waals surface area contributed by atoms with Crippen molar-refractivity contribution in [1.82, 2.24) is 9.59 Å². The van der Waals surface area contributed by atoms with Gasteiger partial charge in [-0.05, 0) is 23.8 Å². The Balaban J connectivity index is 2.17. The quantitative estimate of drug-likeness (QED) is 0.841. The third kappa shape index (κ3) is 3.45. The van der Waals surface area contributed by atoms with Crippen LogP contribution in [0.25, 0.3) is 6.08 Å². The number of carboxylic acids is 1. The lowest BCUT2D eigenvalue weighted by atomic mass is 10.1. The zero-order valence-electron chi connectivity index (χ0n) is 9.91. The zero-order valence-corrected chi connectivity index (χ0v) is 10.7. The predicted molar refractivity (Wildman–Crippen MR) is 70.9 cm³/mol. The molecule has 102 valence electrons. The number of nitrogens with zero attached hydrogens (tertiary/aromatic N) is 2. The highest BCUT2D eigenvalue weighted by Crippen LogP contribution is 2.15. The van der Waals surface area contributed by atoms with Crippen molar-refractivity contribution < 1.29 is 19.1 Å². The molecule has 8 heteroatoms. The van der Waals surface area contributed by atoms with Crippen molar-refractivity contribution in [3.8, 4) is 0 Å². The molecular weight excluding hydrogens is 285 g/mol. The van der Waals surface area contributed by atoms with E-state index in [4.69, 9.17) is 5.11 Å². The Labute approximate surface area is 116 Å². The molecule has 1 aromatic heterocycles. The fraction of sp³-hybridized carbons (Fsp3) is 0. The number of amides is 1. The normalized spacial score (nSPS) is 10.7. The summed E-state index contributed by atoms with van der Waals surface area (Å²) in [5, 5.41) is 14.9. The van der Waals surface area contributed by atoms with Crippen LogP contribution in [0.2, 0.25) is 0 Å². The SMILES string of the molecule is O=C(O)/C=C/c1ccc(C(=O)Nc2cnns2)c(F)c1. The maximum atomic E-state index is 13.8. The van der Waals surface area contributed by atoms with Gasteiger partial charge in [-0.3, -0.25) is 4.79 Å². The van der Waals surface area contributed by atoms with Crippen LogP contribution >= 0.6 is 11.5 Å². The molecule has 1 heterocycles. The van der Waals surface area contributed by atoms with E-state index >= 15 is 0 Å². The summed E-state index contributed by atoms with van der Waals surface area (Å²) in [6.45, 7) is 0. The van der Waals surface area contributed by atoms with Gasteiger partial charge in [0, 0.05) is 17.6 Å². The molecule has 0 saturated heterocycles. The largest absolute Gasteiger partial charge is 0.478 e. The number of nitrogens with one attached hydrogen (secondary N) is 1. The summed E-state index contributed by atoms with van der Waals surface area (Å²) in [6.07, 6.45) is 3.47. The topological polar surface area (TPSA) is 92.2 Å². The van der Waals surface area contributed by atoms with Crippen molar-refractivity contribution in [2.75, 3.05) is 5.32 Å². The van der Waals surface area contributed by atoms with Gasteiger partial charge in [0.25, 0.3) is 5.91 Å². The molecule has 2 aromatic rings. The van der Waals surface area contributed by atoms with Gasteiger partial charge in [0.1, 0.15) is 10.8 Å². The first-order chi connectivity index (χ1) is 9.56. The lowest BCUT2D eigenvalue weighted by Gasteiger charge is -2.04. The molecule has 20 heavy (non-hydrogen) atoms. The highest BCUT2D eigenvalue weighted by molar-refractivity contribution is 7.10. The van der Waals surface area contributed by atoms with Crippen molar-refractivity contribution in [3.05, 3.63) is 47.4 Å². The molecule has 0 spiro atoms. The average Bonchev–Trinajstić information content (AvgIpc) is 2.89. The molecule has 0 saturated carbocycles. The van der Waals surface area contributed by atoms with E-state index in [9.17, 15) is 14.0 Å².